The van der Waals surface area contributed by atoms with Crippen molar-refractivity contribution >= 4 is 0 Å². The highest BCUT2D eigenvalue weighted by atomic mass is 16.5. The normalized spacial score (nSPS) is 34.6. The van der Waals surface area contributed by atoms with Crippen molar-refractivity contribution in [3.05, 3.63) is 11.7 Å². The Morgan fingerprint density at radius 3 is 2.71 bits per heavy atom. The van der Waals surface area contributed by atoms with Gasteiger partial charge in [-0.15, -0.1) is 0 Å². The van der Waals surface area contributed by atoms with E-state index in [1.54, 1.807) is 0 Å². The smallest absolute Gasteiger partial charge is 0.243 e. The topological polar surface area (TPSA) is 60.2 Å². The predicted molar refractivity (Wildman–Crippen MR) is 77.9 cm³/mol. The number of hydrogen-bond donors (Lipinski definition) is 1. The molecule has 0 radical (unpaired) electrons. The lowest BCUT2D eigenvalue weighted by Crippen LogP contribution is -2.44. The van der Waals surface area contributed by atoms with Gasteiger partial charge in [0.1, 0.15) is 0 Å². The van der Waals surface area contributed by atoms with Crippen LogP contribution in [0.3, 0.4) is 0 Å². The van der Waals surface area contributed by atoms with Crippen LogP contribution in [-0.4, -0.2) is 29.4 Å². The van der Waals surface area contributed by atoms with Crippen molar-refractivity contribution in [3.63, 3.8) is 0 Å². The fourth-order valence-electron chi connectivity index (χ4n) is 4.20. The first-order valence-electron chi connectivity index (χ1n) is 8.57. The molecule has 1 saturated carbocycles. The molecule has 3 fully saturated rings. The fourth-order valence-corrected chi connectivity index (χ4v) is 4.20. The molecule has 5 nitrogen and oxygen atoms in total. The quantitative estimate of drug-likeness (QED) is 0.907. The van der Waals surface area contributed by atoms with Gasteiger partial charge in [0.05, 0.1) is 6.04 Å². The van der Waals surface area contributed by atoms with Crippen LogP contribution in [0.1, 0.15) is 75.0 Å². The summed E-state index contributed by atoms with van der Waals surface area (Å²) < 4.78 is 11.0. The lowest BCUT2D eigenvalue weighted by atomic mass is 9.78. The SMILES string of the molecule is C1CCC2NC(c3nc(C4CCOCC4)no3)CCC2C1. The number of piperidine rings is 1. The van der Waals surface area contributed by atoms with Gasteiger partial charge in [0.25, 0.3) is 0 Å². The first-order valence-corrected chi connectivity index (χ1v) is 8.57. The summed E-state index contributed by atoms with van der Waals surface area (Å²) in [7, 11) is 0. The van der Waals surface area contributed by atoms with Crippen molar-refractivity contribution in [2.75, 3.05) is 13.2 Å². The summed E-state index contributed by atoms with van der Waals surface area (Å²) in [4.78, 5) is 4.70. The molecule has 3 aliphatic rings. The summed E-state index contributed by atoms with van der Waals surface area (Å²) in [6.45, 7) is 1.64. The van der Waals surface area contributed by atoms with Gasteiger partial charge >= 0.3 is 0 Å². The fraction of sp³-hybridized carbons (Fsp3) is 0.875. The molecule has 0 bridgehead atoms. The molecule has 1 aliphatic carbocycles. The van der Waals surface area contributed by atoms with Crippen molar-refractivity contribution in [2.45, 2.75) is 69.4 Å². The summed E-state index contributed by atoms with van der Waals surface area (Å²) in [5.41, 5.74) is 0. The lowest BCUT2D eigenvalue weighted by molar-refractivity contribution is 0.0830. The summed E-state index contributed by atoms with van der Waals surface area (Å²) in [5, 5.41) is 8.00. The molecular formula is C16H25N3O2. The maximum Gasteiger partial charge on any atom is 0.243 e. The largest absolute Gasteiger partial charge is 0.381 e. The molecule has 2 saturated heterocycles. The van der Waals surface area contributed by atoms with Crippen molar-refractivity contribution in [3.8, 4) is 0 Å². The summed E-state index contributed by atoms with van der Waals surface area (Å²) in [5.74, 6) is 2.98. The second-order valence-corrected chi connectivity index (χ2v) is 6.83. The Bertz CT molecular complexity index is 470. The average molecular weight is 291 g/mol. The molecule has 0 aromatic carbocycles. The molecule has 116 valence electrons. The van der Waals surface area contributed by atoms with E-state index in [1.807, 2.05) is 0 Å². The van der Waals surface area contributed by atoms with Crippen molar-refractivity contribution in [1.82, 2.24) is 15.5 Å². The third-order valence-corrected chi connectivity index (χ3v) is 5.49. The number of ether oxygens (including phenoxy) is 1. The van der Waals surface area contributed by atoms with Gasteiger partial charge in [0.2, 0.25) is 5.89 Å². The van der Waals surface area contributed by atoms with Gasteiger partial charge in [-0.05, 0) is 44.4 Å². The minimum atomic E-state index is 0.269. The van der Waals surface area contributed by atoms with E-state index >= 15 is 0 Å². The summed E-state index contributed by atoms with van der Waals surface area (Å²) >= 11 is 0. The first kappa shape index (κ1) is 13.7. The van der Waals surface area contributed by atoms with Crippen LogP contribution in [0, 0.1) is 5.92 Å². The highest BCUT2D eigenvalue weighted by Gasteiger charge is 2.34. The zero-order valence-electron chi connectivity index (χ0n) is 12.6. The summed E-state index contributed by atoms with van der Waals surface area (Å²) in [6, 6.07) is 0.932. The van der Waals surface area contributed by atoms with Crippen LogP contribution < -0.4 is 5.32 Å². The molecule has 1 aromatic rings. The predicted octanol–water partition coefficient (Wildman–Crippen LogP) is 2.95. The van der Waals surface area contributed by atoms with Gasteiger partial charge in [-0.1, -0.05) is 18.0 Å². The molecule has 0 amide bonds. The maximum absolute atomic E-state index is 5.57. The van der Waals surface area contributed by atoms with Crippen molar-refractivity contribution in [2.24, 2.45) is 5.92 Å². The van der Waals surface area contributed by atoms with Gasteiger partial charge in [0.15, 0.2) is 5.82 Å². The Balaban J connectivity index is 1.43. The molecule has 1 aromatic heterocycles. The maximum atomic E-state index is 5.57. The molecule has 21 heavy (non-hydrogen) atoms. The van der Waals surface area contributed by atoms with Crippen LogP contribution in [0.4, 0.5) is 0 Å². The van der Waals surface area contributed by atoms with Crippen molar-refractivity contribution < 1.29 is 9.26 Å². The Kier molecular flexibility index (Phi) is 3.95. The van der Waals surface area contributed by atoms with Crippen LogP contribution in [0.2, 0.25) is 0 Å². The minimum absolute atomic E-state index is 0.269. The number of hydrogen-bond acceptors (Lipinski definition) is 5. The molecule has 0 spiro atoms. The second-order valence-electron chi connectivity index (χ2n) is 6.83. The number of fused-ring (bicyclic) bond motifs is 1. The number of aromatic nitrogens is 2. The Labute approximate surface area is 125 Å². The van der Waals surface area contributed by atoms with Gasteiger partial charge in [-0.3, -0.25) is 0 Å². The molecule has 3 unspecified atom stereocenters. The Morgan fingerprint density at radius 2 is 1.81 bits per heavy atom. The third-order valence-electron chi connectivity index (χ3n) is 5.49. The van der Waals surface area contributed by atoms with Crippen molar-refractivity contribution in [1.29, 1.82) is 0 Å². The number of nitrogens with zero attached hydrogens (tertiary/aromatic N) is 2. The standard InChI is InChI=1S/C16H25N3O2/c1-2-4-13-11(3-1)5-6-14(17-13)16-18-15(19-21-16)12-7-9-20-10-8-12/h11-14,17H,1-10H2. The highest BCUT2D eigenvalue weighted by molar-refractivity contribution is 5.02. The highest BCUT2D eigenvalue weighted by Crippen LogP contribution is 2.36. The van der Waals surface area contributed by atoms with E-state index in [4.69, 9.17) is 14.2 Å². The average Bonchev–Trinajstić information content (AvgIpc) is 3.05. The molecule has 4 rings (SSSR count). The zero-order valence-corrected chi connectivity index (χ0v) is 12.6. The van der Waals surface area contributed by atoms with E-state index in [9.17, 15) is 0 Å². The minimum Gasteiger partial charge on any atom is -0.381 e. The zero-order chi connectivity index (χ0) is 14.1. The molecule has 2 aliphatic heterocycles. The summed E-state index contributed by atoms with van der Waals surface area (Å²) in [6.07, 6.45) is 9.93. The van der Waals surface area contributed by atoms with Crippen LogP contribution >= 0.6 is 0 Å². The Hall–Kier alpha value is -0.940. The van der Waals surface area contributed by atoms with Gasteiger partial charge < -0.3 is 14.6 Å². The van der Waals surface area contributed by atoms with E-state index < -0.39 is 0 Å². The van der Waals surface area contributed by atoms with E-state index in [1.165, 1.54) is 32.1 Å². The number of nitrogens with one attached hydrogen (secondary N) is 1. The number of rotatable bonds is 2. The van der Waals surface area contributed by atoms with Crippen LogP contribution in [-0.2, 0) is 4.74 Å². The van der Waals surface area contributed by atoms with E-state index in [2.05, 4.69) is 10.5 Å². The van der Waals surface area contributed by atoms with E-state index in [0.717, 1.165) is 50.1 Å². The lowest BCUT2D eigenvalue weighted by Gasteiger charge is -2.39. The third kappa shape index (κ3) is 2.86. The van der Waals surface area contributed by atoms with E-state index in [-0.39, 0.29) is 6.04 Å². The Morgan fingerprint density at radius 1 is 0.952 bits per heavy atom. The van der Waals surface area contributed by atoms with Gasteiger partial charge in [-0.2, -0.15) is 4.98 Å². The molecule has 5 heteroatoms. The molecule has 3 atom stereocenters. The van der Waals surface area contributed by atoms with Gasteiger partial charge in [0, 0.05) is 25.2 Å². The van der Waals surface area contributed by atoms with Crippen LogP contribution in [0.25, 0.3) is 0 Å². The first-order chi connectivity index (χ1) is 10.4. The molecule has 3 heterocycles. The van der Waals surface area contributed by atoms with E-state index in [0.29, 0.717) is 12.0 Å². The monoisotopic (exact) mass is 291 g/mol. The molecular weight excluding hydrogens is 266 g/mol. The van der Waals surface area contributed by atoms with Gasteiger partial charge in [-0.25, -0.2) is 0 Å². The second kappa shape index (κ2) is 6.05. The van der Waals surface area contributed by atoms with Crippen LogP contribution in [0.15, 0.2) is 4.52 Å². The van der Waals surface area contributed by atoms with Crippen LogP contribution in [0.5, 0.6) is 0 Å². The molecule has 1 N–H and O–H groups in total.